The average Bonchev–Trinajstić information content (AvgIpc) is 2.74. The monoisotopic (exact) mass is 357 g/mol. The molecular formula is C12H12BrN3O3S. The average molecular weight is 358 g/mol. The largest absolute Gasteiger partial charge is 0.481 e. The number of thioether (sulfide) groups is 1. The topological polar surface area (TPSA) is 88.0 Å². The third-order valence-corrected chi connectivity index (χ3v) is 4.82. The van der Waals surface area contributed by atoms with Crippen LogP contribution in [0.25, 0.3) is 5.69 Å². The zero-order chi connectivity index (χ0) is 14.9. The number of carboxylic acid groups (broad SMARTS) is 1. The molecule has 0 bridgehead atoms. The Morgan fingerprint density at radius 2 is 2.05 bits per heavy atom. The van der Waals surface area contributed by atoms with E-state index >= 15 is 0 Å². The first-order chi connectivity index (χ1) is 9.40. The summed E-state index contributed by atoms with van der Waals surface area (Å²) in [5.41, 5.74) is 2.25. The second-order valence-corrected chi connectivity index (χ2v) is 5.96. The molecule has 8 heteroatoms. The number of H-pyrrole nitrogens is 1. The molecule has 0 atom stereocenters. The SMILES string of the molecule is Cc1cc(-n2c(SCC(=O)O)n[nH]c2=O)cc(C)c1Br. The molecule has 0 spiro atoms. The van der Waals surface area contributed by atoms with Crippen molar-refractivity contribution in [2.75, 3.05) is 5.75 Å². The predicted octanol–water partition coefficient (Wildman–Crippen LogP) is 2.12. The number of nitrogens with zero attached hydrogens (tertiary/aromatic N) is 2. The van der Waals surface area contributed by atoms with Crippen molar-refractivity contribution < 1.29 is 9.90 Å². The van der Waals surface area contributed by atoms with Crippen molar-refractivity contribution in [1.29, 1.82) is 0 Å². The molecule has 0 saturated heterocycles. The van der Waals surface area contributed by atoms with E-state index in [4.69, 9.17) is 5.11 Å². The number of carboxylic acids is 1. The van der Waals surface area contributed by atoms with Crippen LogP contribution in [0.2, 0.25) is 0 Å². The van der Waals surface area contributed by atoms with E-state index in [1.54, 1.807) is 0 Å². The number of hydrogen-bond acceptors (Lipinski definition) is 4. The molecule has 0 unspecified atom stereocenters. The molecule has 0 aliphatic carbocycles. The van der Waals surface area contributed by atoms with Gasteiger partial charge in [-0.15, -0.1) is 5.10 Å². The molecule has 6 nitrogen and oxygen atoms in total. The fourth-order valence-electron chi connectivity index (χ4n) is 1.79. The van der Waals surface area contributed by atoms with Crippen molar-refractivity contribution in [3.63, 3.8) is 0 Å². The van der Waals surface area contributed by atoms with Gasteiger partial charge in [-0.05, 0) is 37.1 Å². The molecule has 1 aromatic heterocycles. The van der Waals surface area contributed by atoms with Gasteiger partial charge in [0.05, 0.1) is 11.4 Å². The molecule has 0 aliphatic rings. The smallest absolute Gasteiger partial charge is 0.348 e. The maximum absolute atomic E-state index is 11.9. The van der Waals surface area contributed by atoms with E-state index in [1.165, 1.54) is 4.57 Å². The third kappa shape index (κ3) is 2.96. The third-order valence-electron chi connectivity index (χ3n) is 2.65. The summed E-state index contributed by atoms with van der Waals surface area (Å²) in [5.74, 6) is -1.11. The molecule has 0 radical (unpaired) electrons. The van der Waals surface area contributed by atoms with Crippen molar-refractivity contribution in [2.24, 2.45) is 0 Å². The number of aliphatic carboxylic acids is 1. The van der Waals surface area contributed by atoms with Crippen LogP contribution in [0.3, 0.4) is 0 Å². The molecular weight excluding hydrogens is 346 g/mol. The van der Waals surface area contributed by atoms with Gasteiger partial charge in [0.25, 0.3) is 0 Å². The number of rotatable bonds is 4. The number of nitrogens with one attached hydrogen (secondary N) is 1. The minimum atomic E-state index is -0.958. The minimum Gasteiger partial charge on any atom is -0.481 e. The Hall–Kier alpha value is -1.54. The summed E-state index contributed by atoms with van der Waals surface area (Å²) in [7, 11) is 0. The summed E-state index contributed by atoms with van der Waals surface area (Å²) in [5, 5.41) is 15.3. The van der Waals surface area contributed by atoms with Gasteiger partial charge >= 0.3 is 11.7 Å². The molecule has 20 heavy (non-hydrogen) atoms. The fraction of sp³-hybridized carbons (Fsp3) is 0.250. The van der Waals surface area contributed by atoms with Gasteiger partial charge < -0.3 is 5.11 Å². The van der Waals surface area contributed by atoms with Crippen LogP contribution in [0.15, 0.2) is 26.6 Å². The van der Waals surface area contributed by atoms with Crippen molar-refractivity contribution >= 4 is 33.7 Å². The maximum atomic E-state index is 11.9. The first kappa shape index (κ1) is 14.9. The number of aromatic amines is 1. The lowest BCUT2D eigenvalue weighted by atomic mass is 10.1. The quantitative estimate of drug-likeness (QED) is 0.818. The van der Waals surface area contributed by atoms with E-state index in [-0.39, 0.29) is 11.4 Å². The predicted molar refractivity (Wildman–Crippen MR) is 79.7 cm³/mol. The standard InChI is InChI=1S/C12H12BrN3O3S/c1-6-3-8(4-7(2)10(6)13)16-11(19)14-15-12(16)20-5-9(17)18/h3-4H,5H2,1-2H3,(H,14,19)(H,17,18). The number of aromatic nitrogens is 3. The van der Waals surface area contributed by atoms with E-state index in [0.717, 1.165) is 27.4 Å². The lowest BCUT2D eigenvalue weighted by molar-refractivity contribution is -0.133. The molecule has 0 saturated carbocycles. The Labute approximate surface area is 127 Å². The summed E-state index contributed by atoms with van der Waals surface area (Å²) < 4.78 is 2.36. The molecule has 1 aromatic carbocycles. The highest BCUT2D eigenvalue weighted by atomic mass is 79.9. The Morgan fingerprint density at radius 3 is 2.60 bits per heavy atom. The second kappa shape index (κ2) is 5.84. The number of carbonyl (C=O) groups is 1. The van der Waals surface area contributed by atoms with Gasteiger partial charge in [-0.1, -0.05) is 27.7 Å². The second-order valence-electron chi connectivity index (χ2n) is 4.22. The molecule has 2 rings (SSSR count). The Balaban J connectivity index is 2.50. The normalized spacial score (nSPS) is 10.8. The zero-order valence-corrected chi connectivity index (χ0v) is 13.2. The van der Waals surface area contributed by atoms with E-state index in [0.29, 0.717) is 10.8 Å². The lowest BCUT2D eigenvalue weighted by Crippen LogP contribution is -2.16. The zero-order valence-electron chi connectivity index (χ0n) is 10.8. The molecule has 0 aliphatic heterocycles. The highest BCUT2D eigenvalue weighted by molar-refractivity contribution is 9.10. The van der Waals surface area contributed by atoms with Gasteiger partial charge in [-0.3, -0.25) is 4.79 Å². The van der Waals surface area contributed by atoms with Crippen LogP contribution < -0.4 is 5.69 Å². The van der Waals surface area contributed by atoms with Crippen LogP contribution in [0, 0.1) is 13.8 Å². The summed E-state index contributed by atoms with van der Waals surface area (Å²) in [6.07, 6.45) is 0. The Bertz CT molecular complexity index is 700. The van der Waals surface area contributed by atoms with Crippen molar-refractivity contribution in [1.82, 2.24) is 14.8 Å². The highest BCUT2D eigenvalue weighted by Crippen LogP contribution is 2.25. The van der Waals surface area contributed by atoms with Crippen LogP contribution in [0.4, 0.5) is 0 Å². The van der Waals surface area contributed by atoms with Crippen molar-refractivity contribution in [2.45, 2.75) is 19.0 Å². The van der Waals surface area contributed by atoms with Crippen LogP contribution in [-0.4, -0.2) is 31.6 Å². The van der Waals surface area contributed by atoms with Crippen LogP contribution in [0.1, 0.15) is 11.1 Å². The Kier molecular flexibility index (Phi) is 4.34. The van der Waals surface area contributed by atoms with Crippen LogP contribution in [0.5, 0.6) is 0 Å². The van der Waals surface area contributed by atoms with E-state index in [2.05, 4.69) is 26.1 Å². The van der Waals surface area contributed by atoms with Gasteiger partial charge in [0, 0.05) is 4.47 Å². The Morgan fingerprint density at radius 1 is 1.45 bits per heavy atom. The molecule has 1 heterocycles. The van der Waals surface area contributed by atoms with E-state index in [9.17, 15) is 9.59 Å². The number of aryl methyl sites for hydroxylation is 2. The number of hydrogen-bond donors (Lipinski definition) is 2. The van der Waals surface area contributed by atoms with E-state index in [1.807, 2.05) is 26.0 Å². The van der Waals surface area contributed by atoms with Crippen molar-refractivity contribution in [3.8, 4) is 5.69 Å². The molecule has 2 aromatic rings. The van der Waals surface area contributed by atoms with Crippen LogP contribution >= 0.6 is 27.7 Å². The minimum absolute atomic E-state index is 0.154. The molecule has 2 N–H and O–H groups in total. The highest BCUT2D eigenvalue weighted by Gasteiger charge is 2.14. The van der Waals surface area contributed by atoms with Gasteiger partial charge in [0.15, 0.2) is 5.16 Å². The van der Waals surface area contributed by atoms with E-state index < -0.39 is 5.97 Å². The summed E-state index contributed by atoms with van der Waals surface area (Å²) in [6, 6.07) is 3.69. The van der Waals surface area contributed by atoms with Gasteiger partial charge in [-0.2, -0.15) is 0 Å². The summed E-state index contributed by atoms with van der Waals surface area (Å²) >= 11 is 4.47. The van der Waals surface area contributed by atoms with Crippen molar-refractivity contribution in [3.05, 3.63) is 38.2 Å². The molecule has 0 fully saturated rings. The summed E-state index contributed by atoms with van der Waals surface area (Å²) in [4.78, 5) is 22.5. The molecule has 0 amide bonds. The fourth-order valence-corrected chi connectivity index (χ4v) is 2.69. The van der Waals surface area contributed by atoms with Gasteiger partial charge in [0.1, 0.15) is 0 Å². The first-order valence-corrected chi connectivity index (χ1v) is 7.47. The van der Waals surface area contributed by atoms with Crippen LogP contribution in [-0.2, 0) is 4.79 Å². The molecule has 106 valence electrons. The van der Waals surface area contributed by atoms with Gasteiger partial charge in [-0.25, -0.2) is 14.5 Å². The lowest BCUT2D eigenvalue weighted by Gasteiger charge is -2.09. The summed E-state index contributed by atoms with van der Waals surface area (Å²) in [6.45, 7) is 3.85. The first-order valence-electron chi connectivity index (χ1n) is 5.69. The number of halogens is 1. The maximum Gasteiger partial charge on any atom is 0.348 e. The van der Waals surface area contributed by atoms with Gasteiger partial charge in [0.2, 0.25) is 0 Å². The number of benzene rings is 1.